The lowest BCUT2D eigenvalue weighted by molar-refractivity contribution is -0.135. The first-order valence-electron chi connectivity index (χ1n) is 21.3. The van der Waals surface area contributed by atoms with Crippen molar-refractivity contribution < 1.29 is 45.5 Å². The average molecular weight is 865 g/mol. The summed E-state index contributed by atoms with van der Waals surface area (Å²) in [4.78, 5) is 54.0. The van der Waals surface area contributed by atoms with Crippen molar-refractivity contribution >= 4 is 44.4 Å². The third kappa shape index (κ3) is 9.86. The highest BCUT2D eigenvalue weighted by Gasteiger charge is 2.57. The van der Waals surface area contributed by atoms with Crippen molar-refractivity contribution in [1.82, 2.24) is 27.4 Å². The van der Waals surface area contributed by atoms with Gasteiger partial charge in [-0.2, -0.15) is 34.5 Å². The molecule has 0 spiro atoms. The van der Waals surface area contributed by atoms with E-state index in [9.17, 15) is 36.0 Å². The number of amides is 4. The fraction of sp³-hybridized carbons (Fsp3) is 0.756. The predicted octanol–water partition coefficient (Wildman–Crippen LogP) is 5.16. The second kappa shape index (κ2) is 17.9. The Kier molecular flexibility index (Phi) is 13.6. The van der Waals surface area contributed by atoms with Gasteiger partial charge in [-0.1, -0.05) is 43.2 Å². The molecule has 0 bridgehead atoms. The van der Waals surface area contributed by atoms with Gasteiger partial charge in [0.2, 0.25) is 11.8 Å². The minimum atomic E-state index is -4.09. The Morgan fingerprint density at radius 1 is 0.661 bits per heavy atom. The van der Waals surface area contributed by atoms with E-state index in [0.717, 1.165) is 78.4 Å². The molecule has 6 fully saturated rings. The maximum atomic E-state index is 13.7. The van der Waals surface area contributed by atoms with Crippen molar-refractivity contribution in [2.45, 2.75) is 158 Å². The Morgan fingerprint density at radius 2 is 1.14 bits per heavy atom. The normalized spacial score (nSPS) is 30.4. The highest BCUT2D eigenvalue weighted by molar-refractivity contribution is 7.88. The van der Waals surface area contributed by atoms with Crippen molar-refractivity contribution in [2.75, 3.05) is 28.2 Å². The number of benzene rings is 1. The minimum Gasteiger partial charge on any atom is -0.442 e. The van der Waals surface area contributed by atoms with Gasteiger partial charge in [0, 0.05) is 58.7 Å². The number of nitrogens with one attached hydrogen (secondary N) is 1. The summed E-state index contributed by atoms with van der Waals surface area (Å²) in [5.74, 6) is -0.484. The largest absolute Gasteiger partial charge is 0.442 e. The second-order valence-corrected chi connectivity index (χ2v) is 21.6. The van der Waals surface area contributed by atoms with Gasteiger partial charge in [0.15, 0.2) is 0 Å². The molecule has 16 nitrogen and oxygen atoms in total. The maximum Gasteiger partial charge on any atom is 0.425 e. The van der Waals surface area contributed by atoms with Crippen LogP contribution in [0.15, 0.2) is 30.3 Å². The molecule has 4 saturated carbocycles. The van der Waals surface area contributed by atoms with Crippen LogP contribution in [0, 0.1) is 11.8 Å². The first kappa shape index (κ1) is 45.1. The second-order valence-electron chi connectivity index (χ2n) is 18.3. The topological polar surface area (TPSA) is 183 Å². The van der Waals surface area contributed by atoms with E-state index < -0.39 is 68.0 Å². The van der Waals surface area contributed by atoms with E-state index in [0.29, 0.717) is 38.5 Å². The van der Waals surface area contributed by atoms with Crippen molar-refractivity contribution in [3.8, 4) is 0 Å². The Balaban J connectivity index is 0.000000204. The molecule has 18 heteroatoms. The van der Waals surface area contributed by atoms with Crippen molar-refractivity contribution in [3.05, 3.63) is 35.9 Å². The van der Waals surface area contributed by atoms with Crippen LogP contribution in [0.1, 0.15) is 122 Å². The molecule has 2 saturated heterocycles. The monoisotopic (exact) mass is 864 g/mol. The highest BCUT2D eigenvalue weighted by Crippen LogP contribution is 2.43. The molecule has 59 heavy (non-hydrogen) atoms. The summed E-state index contributed by atoms with van der Waals surface area (Å²) in [6.45, 7) is 3.94. The predicted molar refractivity (Wildman–Crippen MR) is 220 cm³/mol. The maximum absolute atomic E-state index is 13.7. The van der Waals surface area contributed by atoms with Crippen molar-refractivity contribution in [2.24, 2.45) is 11.8 Å². The molecule has 7 rings (SSSR count). The van der Waals surface area contributed by atoms with Crippen LogP contribution in [-0.2, 0) is 46.0 Å². The fourth-order valence-corrected chi connectivity index (χ4v) is 13.6. The zero-order valence-corrected chi connectivity index (χ0v) is 37.1. The number of nitrogens with zero attached hydrogens (tertiary/aromatic N) is 5. The Hall–Kier alpha value is -3.48. The lowest BCUT2D eigenvalue weighted by Crippen LogP contribution is -2.48. The summed E-state index contributed by atoms with van der Waals surface area (Å²) >= 11 is 0. The number of carbonyl (C=O) groups excluding carboxylic acids is 4. The van der Waals surface area contributed by atoms with E-state index in [-0.39, 0.29) is 30.2 Å². The zero-order chi connectivity index (χ0) is 42.9. The lowest BCUT2D eigenvalue weighted by atomic mass is 9.81. The molecule has 0 unspecified atom stereocenters. The molecule has 1 aromatic carbocycles. The van der Waals surface area contributed by atoms with Crippen molar-refractivity contribution in [3.63, 3.8) is 0 Å². The van der Waals surface area contributed by atoms with Crippen LogP contribution < -0.4 is 4.72 Å². The Labute approximate surface area is 350 Å². The van der Waals surface area contributed by atoms with Crippen LogP contribution in [0.2, 0.25) is 0 Å². The molecule has 330 valence electrons. The number of rotatable bonds is 6. The average Bonchev–Trinajstić information content (AvgIpc) is 3.58. The SMILES string of the molecule is CN(C)C(=O)[C@H]1CC[C@H]2[C@@H](C1)N(Cc1ccccc1)S(=O)(=O)N2C(=O)OC1(C)CCCCC1.CN(C)C(=O)[C@H]1CC[C@H]2[C@@H](C1)NS(=O)(=O)N2C(=O)OC1(C)CCCCC1. The lowest BCUT2D eigenvalue weighted by Gasteiger charge is -2.37. The van der Waals surface area contributed by atoms with E-state index in [1.807, 2.05) is 44.2 Å². The smallest absolute Gasteiger partial charge is 0.425 e. The van der Waals surface area contributed by atoms with Gasteiger partial charge in [-0.15, -0.1) is 0 Å². The minimum absolute atomic E-state index is 0.00116. The molecule has 6 atom stereocenters. The Morgan fingerprint density at radius 3 is 1.64 bits per heavy atom. The van der Waals surface area contributed by atoms with Crippen LogP contribution in [0.25, 0.3) is 0 Å². The summed E-state index contributed by atoms with van der Waals surface area (Å²) in [7, 11) is -1.19. The molecular weight excluding hydrogens is 801 g/mol. The molecule has 2 heterocycles. The summed E-state index contributed by atoms with van der Waals surface area (Å²) in [6.07, 6.45) is 10.4. The van der Waals surface area contributed by atoms with Gasteiger partial charge >= 0.3 is 32.6 Å². The molecule has 6 aliphatic rings. The number of hydrogen-bond acceptors (Lipinski definition) is 10. The zero-order valence-electron chi connectivity index (χ0n) is 35.5. The van der Waals surface area contributed by atoms with Crippen molar-refractivity contribution in [1.29, 1.82) is 0 Å². The highest BCUT2D eigenvalue weighted by atomic mass is 32.2. The quantitative estimate of drug-likeness (QED) is 0.401. The first-order valence-corrected chi connectivity index (χ1v) is 24.1. The van der Waals surface area contributed by atoms with Crippen LogP contribution in [0.3, 0.4) is 0 Å². The van der Waals surface area contributed by atoms with Gasteiger partial charge in [-0.25, -0.2) is 9.59 Å². The number of hydrogen-bond donors (Lipinski definition) is 1. The summed E-state index contributed by atoms with van der Waals surface area (Å²) in [6, 6.07) is 7.47. The summed E-state index contributed by atoms with van der Waals surface area (Å²) in [5.41, 5.74) is -0.387. The van der Waals surface area contributed by atoms with E-state index >= 15 is 0 Å². The van der Waals surface area contributed by atoms with Gasteiger partial charge in [0.25, 0.3) is 0 Å². The van der Waals surface area contributed by atoms with Gasteiger partial charge in [-0.3, -0.25) is 9.59 Å². The molecule has 2 aliphatic heterocycles. The van der Waals surface area contributed by atoms with Gasteiger partial charge < -0.3 is 19.3 Å². The van der Waals surface area contributed by atoms with Gasteiger partial charge in [0.1, 0.15) is 11.2 Å². The van der Waals surface area contributed by atoms with Crippen LogP contribution in [-0.4, -0.2) is 127 Å². The molecule has 4 amide bonds. The molecule has 4 aliphatic carbocycles. The van der Waals surface area contributed by atoms with E-state index in [1.54, 1.807) is 33.1 Å². The van der Waals surface area contributed by atoms with Crippen LogP contribution in [0.4, 0.5) is 9.59 Å². The fourth-order valence-electron chi connectivity index (χ4n) is 10.1. The first-order chi connectivity index (χ1) is 27.8. The van der Waals surface area contributed by atoms with E-state index in [4.69, 9.17) is 9.47 Å². The standard InChI is InChI=1S/C24H35N3O5S.C17H29N3O5S/c1-24(14-8-5-9-15-24)32-23(29)27-20-13-12-19(22(28)25(2)3)16-21(20)26(33(27,30)31)17-18-10-6-4-7-11-18;1-17(9-5-4-6-10-17)25-16(22)20-14-8-7-12(15(21)19(2)3)11-13(14)18-26(20,23)24/h4,6-7,10-11,19-21H,5,8-9,12-17H2,1-3H3;12-14,18H,4-11H2,1-3H3/t19-,20-,21+;12-,13+,14-/m00/s1. The van der Waals surface area contributed by atoms with Gasteiger partial charge in [0.05, 0.1) is 12.1 Å². The molecule has 0 radical (unpaired) electrons. The molecule has 1 aromatic rings. The third-order valence-electron chi connectivity index (χ3n) is 13.3. The van der Waals surface area contributed by atoms with E-state index in [1.165, 1.54) is 9.21 Å². The van der Waals surface area contributed by atoms with Crippen LogP contribution >= 0.6 is 0 Å². The Bertz CT molecular complexity index is 1920. The summed E-state index contributed by atoms with van der Waals surface area (Å²) in [5, 5.41) is 0. The molecular formula is C41H64N6O10S2. The number of ether oxygens (including phenoxy) is 2. The molecule has 1 N–H and O–H groups in total. The summed E-state index contributed by atoms with van der Waals surface area (Å²) < 4.78 is 69.9. The van der Waals surface area contributed by atoms with E-state index in [2.05, 4.69) is 4.72 Å². The van der Waals surface area contributed by atoms with Crippen LogP contribution in [0.5, 0.6) is 0 Å². The van der Waals surface area contributed by atoms with Gasteiger partial charge in [-0.05, 0) is 109 Å². The molecule has 0 aromatic heterocycles. The number of fused-ring (bicyclic) bond motifs is 2. The number of carbonyl (C=O) groups is 4. The third-order valence-corrected chi connectivity index (χ3v) is 16.7.